The van der Waals surface area contributed by atoms with E-state index in [1.54, 1.807) is 0 Å². The molecule has 1 unspecified atom stereocenters. The van der Waals surface area contributed by atoms with E-state index in [0.717, 1.165) is 0 Å². The fraction of sp³-hybridized carbons (Fsp3) is 0.167. The minimum atomic E-state index is -0.909. The predicted octanol–water partition coefficient (Wildman–Crippen LogP) is 1.31. The first-order valence-electron chi connectivity index (χ1n) is 5.53. The lowest BCUT2D eigenvalue weighted by Crippen LogP contribution is -2.10. The van der Waals surface area contributed by atoms with Gasteiger partial charge in [-0.1, -0.05) is 0 Å². The fourth-order valence-corrected chi connectivity index (χ4v) is 2.09. The maximum absolute atomic E-state index is 11.4. The molecule has 104 valence electrons. The molecule has 6 nitrogen and oxygen atoms in total. The molecule has 0 spiro atoms. The van der Waals surface area contributed by atoms with Crippen LogP contribution in [0.2, 0.25) is 0 Å². The summed E-state index contributed by atoms with van der Waals surface area (Å²) >= 11 is 7.35. The van der Waals surface area contributed by atoms with Gasteiger partial charge in [-0.15, -0.1) is 25.3 Å². The molecule has 20 heavy (non-hydrogen) atoms. The Hall–Kier alpha value is -1.80. The number of benzene rings is 1. The van der Waals surface area contributed by atoms with E-state index in [1.807, 2.05) is 0 Å². The second kappa shape index (κ2) is 5.68. The van der Waals surface area contributed by atoms with Crippen molar-refractivity contribution in [3.63, 3.8) is 0 Å². The van der Waals surface area contributed by atoms with Crippen molar-refractivity contribution in [2.24, 2.45) is 5.73 Å². The molecule has 1 heterocycles. The summed E-state index contributed by atoms with van der Waals surface area (Å²) in [5, 5.41) is -1.02. The predicted molar refractivity (Wildman–Crippen MR) is 77.9 cm³/mol. The van der Waals surface area contributed by atoms with Gasteiger partial charge in [0.15, 0.2) is 15.8 Å². The number of oxazole rings is 1. The Labute approximate surface area is 124 Å². The van der Waals surface area contributed by atoms with Crippen LogP contribution in [0.4, 0.5) is 0 Å². The van der Waals surface area contributed by atoms with E-state index in [-0.39, 0.29) is 17.9 Å². The number of thiol groups is 2. The van der Waals surface area contributed by atoms with Gasteiger partial charge in [0.2, 0.25) is 11.8 Å². The lowest BCUT2D eigenvalue weighted by atomic mass is 10.1. The SMILES string of the molecule is NC(=O)c1ccc2oc(C(CC(=O)S)C(=O)S)nc2c1. The summed E-state index contributed by atoms with van der Waals surface area (Å²) in [5.41, 5.74) is 6.20. The van der Waals surface area contributed by atoms with Gasteiger partial charge in [-0.05, 0) is 18.2 Å². The number of nitrogens with two attached hydrogens (primary N) is 1. The van der Waals surface area contributed by atoms with Crippen LogP contribution in [0.3, 0.4) is 0 Å². The summed E-state index contributed by atoms with van der Waals surface area (Å²) in [6, 6.07) is 4.46. The lowest BCUT2D eigenvalue weighted by Gasteiger charge is -2.05. The third kappa shape index (κ3) is 3.02. The molecule has 0 aliphatic carbocycles. The maximum atomic E-state index is 11.4. The highest BCUT2D eigenvalue weighted by molar-refractivity contribution is 7.97. The molecule has 1 aromatic heterocycles. The average molecular weight is 310 g/mol. The first-order chi connectivity index (χ1) is 9.38. The van der Waals surface area contributed by atoms with Gasteiger partial charge in [-0.3, -0.25) is 14.4 Å². The Kier molecular flexibility index (Phi) is 4.15. The van der Waals surface area contributed by atoms with Crippen LogP contribution in [-0.4, -0.2) is 21.1 Å². The van der Waals surface area contributed by atoms with Crippen molar-refractivity contribution >= 4 is 52.5 Å². The number of fused-ring (bicyclic) bond motifs is 1. The first-order valence-corrected chi connectivity index (χ1v) is 6.43. The number of aromatic nitrogens is 1. The van der Waals surface area contributed by atoms with Crippen LogP contribution in [0.1, 0.15) is 28.6 Å². The molecule has 2 rings (SSSR count). The largest absolute Gasteiger partial charge is 0.440 e. The zero-order valence-corrected chi connectivity index (χ0v) is 11.9. The van der Waals surface area contributed by atoms with Crippen molar-refractivity contribution in [2.45, 2.75) is 12.3 Å². The molecular formula is C12H10N2O4S2. The summed E-state index contributed by atoms with van der Waals surface area (Å²) in [7, 11) is 0. The van der Waals surface area contributed by atoms with Crippen LogP contribution in [0.15, 0.2) is 22.6 Å². The highest BCUT2D eigenvalue weighted by Gasteiger charge is 2.25. The molecule has 2 aromatic rings. The smallest absolute Gasteiger partial charge is 0.248 e. The van der Waals surface area contributed by atoms with E-state index in [0.29, 0.717) is 11.1 Å². The van der Waals surface area contributed by atoms with Crippen molar-refractivity contribution in [2.75, 3.05) is 0 Å². The Morgan fingerprint density at radius 2 is 2.00 bits per heavy atom. The molecule has 2 N–H and O–H groups in total. The first kappa shape index (κ1) is 14.6. The van der Waals surface area contributed by atoms with Crippen LogP contribution >= 0.6 is 25.3 Å². The van der Waals surface area contributed by atoms with Gasteiger partial charge in [0, 0.05) is 12.0 Å². The van der Waals surface area contributed by atoms with Gasteiger partial charge in [-0.25, -0.2) is 4.98 Å². The molecule has 0 saturated carbocycles. The van der Waals surface area contributed by atoms with Gasteiger partial charge in [0.1, 0.15) is 11.4 Å². The number of carbonyl (C=O) groups excluding carboxylic acids is 3. The standard InChI is InChI=1S/C12H10N2O4S2/c13-10(16)5-1-2-8-7(3-5)14-11(18-8)6(12(17)20)4-9(15)19/h1-3,6H,4H2,(H2,13,16)(H,15,19)(H,17,20). The molecule has 0 saturated heterocycles. The molecule has 0 bridgehead atoms. The number of hydrogen-bond donors (Lipinski definition) is 3. The van der Waals surface area contributed by atoms with Gasteiger partial charge in [-0.2, -0.15) is 0 Å². The zero-order chi connectivity index (χ0) is 14.9. The Balaban J connectivity index is 2.46. The highest BCUT2D eigenvalue weighted by Crippen LogP contribution is 2.27. The van der Waals surface area contributed by atoms with Crippen molar-refractivity contribution in [3.8, 4) is 0 Å². The monoisotopic (exact) mass is 310 g/mol. The molecule has 1 atom stereocenters. The number of primary amides is 1. The van der Waals surface area contributed by atoms with E-state index < -0.39 is 22.1 Å². The Morgan fingerprint density at radius 1 is 1.30 bits per heavy atom. The average Bonchev–Trinajstić information content (AvgIpc) is 2.77. The summed E-state index contributed by atoms with van der Waals surface area (Å²) in [6.45, 7) is 0. The Bertz CT molecular complexity index is 711. The van der Waals surface area contributed by atoms with E-state index in [1.165, 1.54) is 18.2 Å². The molecule has 8 heteroatoms. The van der Waals surface area contributed by atoms with Crippen LogP contribution < -0.4 is 5.73 Å². The van der Waals surface area contributed by atoms with E-state index in [4.69, 9.17) is 10.2 Å². The normalized spacial score (nSPS) is 12.3. The zero-order valence-electron chi connectivity index (χ0n) is 10.1. The van der Waals surface area contributed by atoms with Crippen LogP contribution in [0, 0.1) is 0 Å². The van der Waals surface area contributed by atoms with Crippen molar-refractivity contribution in [3.05, 3.63) is 29.7 Å². The second-order valence-corrected chi connectivity index (χ2v) is 5.03. The van der Waals surface area contributed by atoms with Crippen molar-refractivity contribution < 1.29 is 18.8 Å². The quantitative estimate of drug-likeness (QED) is 0.723. The van der Waals surface area contributed by atoms with Gasteiger partial charge >= 0.3 is 0 Å². The van der Waals surface area contributed by atoms with Gasteiger partial charge in [0.05, 0.1) is 0 Å². The summed E-state index contributed by atoms with van der Waals surface area (Å²) in [4.78, 5) is 37.7. The molecular weight excluding hydrogens is 300 g/mol. The van der Waals surface area contributed by atoms with E-state index >= 15 is 0 Å². The molecule has 1 amide bonds. The van der Waals surface area contributed by atoms with E-state index in [9.17, 15) is 14.4 Å². The number of amides is 1. The van der Waals surface area contributed by atoms with Gasteiger partial charge < -0.3 is 10.2 Å². The fourth-order valence-electron chi connectivity index (χ4n) is 1.70. The maximum Gasteiger partial charge on any atom is 0.248 e. The summed E-state index contributed by atoms with van der Waals surface area (Å²) < 4.78 is 5.41. The van der Waals surface area contributed by atoms with E-state index in [2.05, 4.69) is 30.2 Å². The summed E-state index contributed by atoms with van der Waals surface area (Å²) in [6.07, 6.45) is -0.166. The number of carbonyl (C=O) groups is 3. The number of hydrogen-bond acceptors (Lipinski definition) is 5. The molecule has 0 aliphatic heterocycles. The Morgan fingerprint density at radius 3 is 2.55 bits per heavy atom. The van der Waals surface area contributed by atoms with Crippen molar-refractivity contribution in [1.82, 2.24) is 4.98 Å². The number of nitrogens with zero attached hydrogens (tertiary/aromatic N) is 1. The highest BCUT2D eigenvalue weighted by atomic mass is 32.1. The minimum absolute atomic E-state index is 0.0593. The van der Waals surface area contributed by atoms with Crippen LogP contribution in [0.5, 0.6) is 0 Å². The molecule has 0 fully saturated rings. The minimum Gasteiger partial charge on any atom is -0.440 e. The molecule has 1 aromatic carbocycles. The second-order valence-electron chi connectivity index (χ2n) is 4.09. The lowest BCUT2D eigenvalue weighted by molar-refractivity contribution is -0.117. The third-order valence-corrected chi connectivity index (χ3v) is 3.16. The summed E-state index contributed by atoms with van der Waals surface area (Å²) in [5.74, 6) is -1.44. The number of rotatable bonds is 5. The van der Waals surface area contributed by atoms with Crippen LogP contribution in [0.25, 0.3) is 11.1 Å². The topological polar surface area (TPSA) is 103 Å². The molecule has 0 radical (unpaired) electrons. The van der Waals surface area contributed by atoms with Gasteiger partial charge in [0.25, 0.3) is 0 Å². The third-order valence-electron chi connectivity index (χ3n) is 2.66. The molecule has 0 aliphatic rings. The van der Waals surface area contributed by atoms with Crippen molar-refractivity contribution in [1.29, 1.82) is 0 Å². The van der Waals surface area contributed by atoms with Crippen LogP contribution in [-0.2, 0) is 9.59 Å².